The molecule has 0 aromatic carbocycles. The molecule has 1 amide bonds. The third kappa shape index (κ3) is 2.15. The number of amides is 1. The Balaban J connectivity index is 2.20. The smallest absolute Gasteiger partial charge is 0.241 e. The zero-order valence-electron chi connectivity index (χ0n) is 9.59. The van der Waals surface area contributed by atoms with E-state index in [1.54, 1.807) is 12.4 Å². The zero-order valence-corrected chi connectivity index (χ0v) is 9.59. The number of aromatic nitrogens is 1. The minimum atomic E-state index is 0.227. The van der Waals surface area contributed by atoms with E-state index in [9.17, 15) is 4.79 Å². The molecule has 0 saturated carbocycles. The molecular weight excluding hydrogens is 202 g/mol. The van der Waals surface area contributed by atoms with Crippen molar-refractivity contribution < 1.29 is 4.79 Å². The molecule has 4 heteroatoms. The van der Waals surface area contributed by atoms with Crippen LogP contribution in [0.15, 0.2) is 24.5 Å². The van der Waals surface area contributed by atoms with Gasteiger partial charge in [-0.1, -0.05) is 6.92 Å². The quantitative estimate of drug-likeness (QED) is 0.775. The first-order valence-electron chi connectivity index (χ1n) is 5.80. The van der Waals surface area contributed by atoms with Crippen LogP contribution in [0.25, 0.3) is 0 Å². The van der Waals surface area contributed by atoms with E-state index in [0.29, 0.717) is 6.42 Å². The van der Waals surface area contributed by atoms with Crippen LogP contribution in [0.3, 0.4) is 0 Å². The average Bonchev–Trinajstić information content (AvgIpc) is 2.73. The highest BCUT2D eigenvalue weighted by molar-refractivity contribution is 5.80. The lowest BCUT2D eigenvalue weighted by Gasteiger charge is -2.33. The number of pyridine rings is 1. The average molecular weight is 219 g/mol. The molecular formula is C12H17N3O. The fraction of sp³-hybridized carbons (Fsp3) is 0.500. The van der Waals surface area contributed by atoms with E-state index in [1.807, 2.05) is 17.1 Å². The van der Waals surface area contributed by atoms with Crippen molar-refractivity contribution in [2.24, 2.45) is 0 Å². The molecule has 1 fully saturated rings. The molecule has 2 heterocycles. The number of anilines is 1. The molecule has 0 spiro atoms. The van der Waals surface area contributed by atoms with E-state index in [0.717, 1.165) is 31.6 Å². The molecule has 1 aromatic rings. The van der Waals surface area contributed by atoms with E-state index in [1.165, 1.54) is 0 Å². The fourth-order valence-corrected chi connectivity index (χ4v) is 2.01. The van der Waals surface area contributed by atoms with Crippen molar-refractivity contribution >= 4 is 11.6 Å². The lowest BCUT2D eigenvalue weighted by Crippen LogP contribution is -2.44. The minimum absolute atomic E-state index is 0.227. The number of hydrogen-bond acceptors (Lipinski definition) is 3. The summed E-state index contributed by atoms with van der Waals surface area (Å²) in [5, 5.41) is 3.93. The number of carbonyl (C=O) groups is 1. The van der Waals surface area contributed by atoms with Gasteiger partial charge in [-0.3, -0.25) is 19.8 Å². The molecule has 2 rings (SSSR count). The second kappa shape index (κ2) is 4.96. The number of nitrogens with zero attached hydrogens (tertiary/aromatic N) is 3. The second-order valence-electron chi connectivity index (χ2n) is 3.95. The Bertz CT molecular complexity index is 353. The van der Waals surface area contributed by atoms with Crippen molar-refractivity contribution in [3.8, 4) is 0 Å². The van der Waals surface area contributed by atoms with Crippen molar-refractivity contribution in [1.29, 1.82) is 0 Å². The van der Waals surface area contributed by atoms with Gasteiger partial charge >= 0.3 is 0 Å². The normalized spacial score (nSPS) is 15.6. The van der Waals surface area contributed by atoms with Crippen molar-refractivity contribution in [3.05, 3.63) is 24.5 Å². The fourth-order valence-electron chi connectivity index (χ4n) is 2.01. The van der Waals surface area contributed by atoms with E-state index in [2.05, 4.69) is 16.9 Å². The van der Waals surface area contributed by atoms with Gasteiger partial charge in [0.25, 0.3) is 0 Å². The Kier molecular flexibility index (Phi) is 3.39. The maximum Gasteiger partial charge on any atom is 0.241 e. The van der Waals surface area contributed by atoms with Crippen molar-refractivity contribution in [2.75, 3.05) is 18.1 Å². The number of rotatable bonds is 4. The van der Waals surface area contributed by atoms with Gasteiger partial charge in [-0.05, 0) is 25.0 Å². The Morgan fingerprint density at radius 3 is 2.75 bits per heavy atom. The largest absolute Gasteiger partial charge is 0.283 e. The van der Waals surface area contributed by atoms with Gasteiger partial charge in [0.05, 0.1) is 5.69 Å². The lowest BCUT2D eigenvalue weighted by atomic mass is 10.3. The summed E-state index contributed by atoms with van der Waals surface area (Å²) in [6.45, 7) is 3.83. The maximum absolute atomic E-state index is 11.7. The predicted molar refractivity (Wildman–Crippen MR) is 62.8 cm³/mol. The molecule has 0 atom stereocenters. The molecule has 1 aliphatic heterocycles. The first-order valence-corrected chi connectivity index (χ1v) is 5.80. The molecule has 1 saturated heterocycles. The molecule has 1 aliphatic rings. The van der Waals surface area contributed by atoms with Gasteiger partial charge in [0.2, 0.25) is 5.91 Å². The van der Waals surface area contributed by atoms with Gasteiger partial charge in [0.15, 0.2) is 0 Å². The summed E-state index contributed by atoms with van der Waals surface area (Å²) in [6, 6.07) is 3.89. The zero-order chi connectivity index (χ0) is 11.4. The summed E-state index contributed by atoms with van der Waals surface area (Å²) in [5.74, 6) is 0.227. The lowest BCUT2D eigenvalue weighted by molar-refractivity contribution is -0.128. The van der Waals surface area contributed by atoms with Crippen molar-refractivity contribution in [3.63, 3.8) is 0 Å². The number of hydrazine groups is 1. The first kappa shape index (κ1) is 10.9. The summed E-state index contributed by atoms with van der Waals surface area (Å²) in [5.41, 5.74) is 1.05. The highest BCUT2D eigenvalue weighted by atomic mass is 16.2. The van der Waals surface area contributed by atoms with Gasteiger partial charge in [-0.2, -0.15) is 0 Å². The van der Waals surface area contributed by atoms with Crippen LogP contribution in [0, 0.1) is 0 Å². The highest BCUT2D eigenvalue weighted by Crippen LogP contribution is 2.20. The second-order valence-corrected chi connectivity index (χ2v) is 3.95. The van der Waals surface area contributed by atoms with E-state index >= 15 is 0 Å². The molecule has 16 heavy (non-hydrogen) atoms. The third-order valence-electron chi connectivity index (χ3n) is 2.74. The van der Waals surface area contributed by atoms with Crippen molar-refractivity contribution in [2.45, 2.75) is 26.2 Å². The van der Waals surface area contributed by atoms with Crippen LogP contribution in [0.5, 0.6) is 0 Å². The van der Waals surface area contributed by atoms with Crippen LogP contribution in [-0.4, -0.2) is 29.0 Å². The van der Waals surface area contributed by atoms with Gasteiger partial charge in [0, 0.05) is 31.9 Å². The Morgan fingerprint density at radius 1 is 1.44 bits per heavy atom. The van der Waals surface area contributed by atoms with Crippen LogP contribution in [0.1, 0.15) is 26.2 Å². The summed E-state index contributed by atoms with van der Waals surface area (Å²) in [7, 11) is 0. The maximum atomic E-state index is 11.7. The topological polar surface area (TPSA) is 36.4 Å². The Hall–Kier alpha value is -1.58. The van der Waals surface area contributed by atoms with Crippen LogP contribution >= 0.6 is 0 Å². The third-order valence-corrected chi connectivity index (χ3v) is 2.74. The van der Waals surface area contributed by atoms with E-state index < -0.39 is 0 Å². The van der Waals surface area contributed by atoms with Gasteiger partial charge in [-0.25, -0.2) is 0 Å². The molecule has 0 bridgehead atoms. The standard InChI is InChI=1S/C12H17N3O/c1-2-9-14(11-5-7-13-8-6-11)15-10-3-4-12(15)16/h5-8H,2-4,9-10H2,1H3. The van der Waals surface area contributed by atoms with Gasteiger partial charge in [-0.15, -0.1) is 0 Å². The summed E-state index contributed by atoms with van der Waals surface area (Å²) >= 11 is 0. The van der Waals surface area contributed by atoms with Gasteiger partial charge in [0.1, 0.15) is 0 Å². The van der Waals surface area contributed by atoms with Gasteiger partial charge < -0.3 is 0 Å². The summed E-state index contributed by atoms with van der Waals surface area (Å²) in [4.78, 5) is 15.7. The first-order chi connectivity index (χ1) is 7.83. The molecule has 0 aliphatic carbocycles. The Labute approximate surface area is 95.9 Å². The molecule has 1 aromatic heterocycles. The van der Waals surface area contributed by atoms with Crippen molar-refractivity contribution in [1.82, 2.24) is 9.99 Å². The van der Waals surface area contributed by atoms with Crippen LogP contribution < -0.4 is 5.01 Å². The van der Waals surface area contributed by atoms with Crippen LogP contribution in [-0.2, 0) is 4.79 Å². The predicted octanol–water partition coefficient (Wildman–Crippen LogP) is 1.84. The molecule has 4 nitrogen and oxygen atoms in total. The number of hydrogen-bond donors (Lipinski definition) is 0. The number of carbonyl (C=O) groups excluding carboxylic acids is 1. The summed E-state index contributed by atoms with van der Waals surface area (Å²) in [6.07, 6.45) is 6.18. The molecule has 86 valence electrons. The minimum Gasteiger partial charge on any atom is -0.283 e. The molecule has 0 radical (unpaired) electrons. The van der Waals surface area contributed by atoms with Crippen LogP contribution in [0.4, 0.5) is 5.69 Å². The molecule has 0 unspecified atom stereocenters. The summed E-state index contributed by atoms with van der Waals surface area (Å²) < 4.78 is 0. The molecule has 0 N–H and O–H groups in total. The van der Waals surface area contributed by atoms with E-state index in [-0.39, 0.29) is 5.91 Å². The van der Waals surface area contributed by atoms with E-state index in [4.69, 9.17) is 0 Å². The SMILES string of the molecule is CCCN(c1ccncc1)N1CCCC1=O. The van der Waals surface area contributed by atoms with Crippen LogP contribution in [0.2, 0.25) is 0 Å². The highest BCUT2D eigenvalue weighted by Gasteiger charge is 2.25. The monoisotopic (exact) mass is 219 g/mol. The Morgan fingerprint density at radius 2 is 2.19 bits per heavy atom.